The predicted octanol–water partition coefficient (Wildman–Crippen LogP) is 5.45. The van der Waals surface area contributed by atoms with Gasteiger partial charge in [0.15, 0.2) is 11.2 Å². The van der Waals surface area contributed by atoms with Crippen LogP contribution in [-0.2, 0) is 34.8 Å². The van der Waals surface area contributed by atoms with Crippen LogP contribution in [0.2, 0.25) is 0 Å². The Morgan fingerprint density at radius 3 is 2.10 bits per heavy atom. The van der Waals surface area contributed by atoms with Gasteiger partial charge >= 0.3 is 11.7 Å². The van der Waals surface area contributed by atoms with Gasteiger partial charge < -0.3 is 14.6 Å². The summed E-state index contributed by atoms with van der Waals surface area (Å²) in [6, 6.07) is 0. The number of aryl methyl sites for hydroxylation is 3. The Morgan fingerprint density at radius 1 is 0.857 bits per heavy atom. The van der Waals surface area contributed by atoms with Crippen molar-refractivity contribution in [3.8, 4) is 0 Å². The van der Waals surface area contributed by atoms with Crippen molar-refractivity contribution in [2.24, 2.45) is 20.0 Å². The van der Waals surface area contributed by atoms with Crippen LogP contribution < -0.4 is 16.6 Å². The van der Waals surface area contributed by atoms with Crippen molar-refractivity contribution in [2.45, 2.75) is 136 Å². The summed E-state index contributed by atoms with van der Waals surface area (Å²) in [6.45, 7) is 6.37. The Bertz CT molecular complexity index is 1210. The standard InChI is InChI=1S/C32H55N5O5/c1-6-8-9-10-14-17-20-24(3)30(39)33-23-25(42-27(38)7-2)21-18-15-12-11-13-16-19-22-26-34-29-28(36(26)4)31(40)35-32(41)37(29)5/h24-25H,6-23H2,1-5H3,(H,33,39)(H,35,40,41). The summed E-state index contributed by atoms with van der Waals surface area (Å²) in [6.07, 6.45) is 17.2. The van der Waals surface area contributed by atoms with E-state index in [0.717, 1.165) is 76.5 Å². The average molecular weight is 590 g/mol. The molecule has 0 saturated heterocycles. The molecule has 2 unspecified atom stereocenters. The van der Waals surface area contributed by atoms with E-state index in [4.69, 9.17) is 4.74 Å². The minimum atomic E-state index is -0.454. The summed E-state index contributed by atoms with van der Waals surface area (Å²) in [5.74, 6) is 0.622. The zero-order valence-corrected chi connectivity index (χ0v) is 26.8. The van der Waals surface area contributed by atoms with Crippen LogP contribution in [0.3, 0.4) is 0 Å². The fourth-order valence-corrected chi connectivity index (χ4v) is 5.34. The van der Waals surface area contributed by atoms with E-state index < -0.39 is 11.2 Å². The largest absolute Gasteiger partial charge is 0.460 e. The quantitative estimate of drug-likeness (QED) is 0.139. The Kier molecular flexibility index (Phi) is 16.2. The minimum absolute atomic E-state index is 0.0217. The Morgan fingerprint density at radius 2 is 1.45 bits per heavy atom. The molecule has 0 aromatic carbocycles. The SMILES string of the molecule is CCCCCCCCC(C)C(=O)NCC(CCCCCCCCCc1nc2c(c(=O)[nH]c(=O)n2C)n1C)OC(=O)CC. The molecule has 42 heavy (non-hydrogen) atoms. The highest BCUT2D eigenvalue weighted by atomic mass is 16.5. The van der Waals surface area contributed by atoms with Crippen LogP contribution >= 0.6 is 0 Å². The second kappa shape index (κ2) is 19.3. The van der Waals surface area contributed by atoms with E-state index in [-0.39, 0.29) is 23.9 Å². The van der Waals surface area contributed by atoms with Crippen LogP contribution in [0.25, 0.3) is 11.2 Å². The van der Waals surface area contributed by atoms with Crippen LogP contribution in [0.5, 0.6) is 0 Å². The number of nitrogens with zero attached hydrogens (tertiary/aromatic N) is 3. The molecule has 238 valence electrons. The van der Waals surface area contributed by atoms with Gasteiger partial charge in [0.05, 0.1) is 6.54 Å². The number of carbonyl (C=O) groups excluding carboxylic acids is 2. The average Bonchev–Trinajstić information content (AvgIpc) is 3.31. The van der Waals surface area contributed by atoms with Crippen molar-refractivity contribution in [1.82, 2.24) is 24.4 Å². The van der Waals surface area contributed by atoms with E-state index in [1.54, 1.807) is 18.5 Å². The van der Waals surface area contributed by atoms with E-state index in [1.807, 2.05) is 14.0 Å². The molecule has 0 fully saturated rings. The first kappa shape index (κ1) is 35.3. The molecule has 2 rings (SSSR count). The van der Waals surface area contributed by atoms with E-state index in [9.17, 15) is 19.2 Å². The molecule has 1 amide bonds. The summed E-state index contributed by atoms with van der Waals surface area (Å²) in [7, 11) is 3.43. The molecule has 0 aliphatic heterocycles. The highest BCUT2D eigenvalue weighted by Crippen LogP contribution is 2.16. The molecule has 0 aliphatic rings. The fourth-order valence-electron chi connectivity index (χ4n) is 5.34. The highest BCUT2D eigenvalue weighted by molar-refractivity contribution is 5.78. The lowest BCUT2D eigenvalue weighted by atomic mass is 10.0. The van der Waals surface area contributed by atoms with Gasteiger partial charge in [0.2, 0.25) is 5.91 Å². The number of rotatable bonds is 22. The molecule has 0 bridgehead atoms. The molecule has 10 nitrogen and oxygen atoms in total. The fraction of sp³-hybridized carbons (Fsp3) is 0.781. The molecular weight excluding hydrogens is 534 g/mol. The van der Waals surface area contributed by atoms with Gasteiger partial charge in [-0.2, -0.15) is 0 Å². The number of carbonyl (C=O) groups is 2. The lowest BCUT2D eigenvalue weighted by molar-refractivity contribution is -0.149. The van der Waals surface area contributed by atoms with Crippen molar-refractivity contribution in [3.63, 3.8) is 0 Å². The maximum absolute atomic E-state index is 12.6. The first-order valence-corrected chi connectivity index (χ1v) is 16.3. The number of hydrogen-bond acceptors (Lipinski definition) is 6. The number of esters is 1. The lowest BCUT2D eigenvalue weighted by Crippen LogP contribution is -2.37. The molecular formula is C32H55N5O5. The van der Waals surface area contributed by atoms with Gasteiger partial charge in [0.25, 0.3) is 5.56 Å². The number of fused-ring (bicyclic) bond motifs is 1. The topological polar surface area (TPSA) is 128 Å². The number of H-pyrrole nitrogens is 1. The summed E-state index contributed by atoms with van der Waals surface area (Å²) < 4.78 is 8.78. The number of imidazole rings is 1. The first-order chi connectivity index (χ1) is 20.2. The van der Waals surface area contributed by atoms with E-state index >= 15 is 0 Å². The number of aromatic nitrogens is 4. The van der Waals surface area contributed by atoms with Gasteiger partial charge in [0, 0.05) is 32.9 Å². The molecule has 10 heteroatoms. The molecule has 2 aromatic heterocycles. The first-order valence-electron chi connectivity index (χ1n) is 16.3. The molecule has 2 atom stereocenters. The Hall–Kier alpha value is -2.91. The molecule has 0 spiro atoms. The molecule has 2 N–H and O–H groups in total. The van der Waals surface area contributed by atoms with Crippen molar-refractivity contribution in [2.75, 3.05) is 6.54 Å². The van der Waals surface area contributed by atoms with Crippen molar-refractivity contribution in [3.05, 3.63) is 26.7 Å². The molecule has 0 saturated carbocycles. The summed E-state index contributed by atoms with van der Waals surface area (Å²) >= 11 is 0. The molecule has 0 aliphatic carbocycles. The van der Waals surface area contributed by atoms with Crippen molar-refractivity contribution in [1.29, 1.82) is 0 Å². The molecule has 2 aromatic rings. The molecule has 0 radical (unpaired) electrons. The summed E-state index contributed by atoms with van der Waals surface area (Å²) in [4.78, 5) is 55.4. The number of ether oxygens (including phenoxy) is 1. The maximum atomic E-state index is 12.6. The number of aromatic amines is 1. The third-order valence-corrected chi connectivity index (χ3v) is 8.18. The smallest absolute Gasteiger partial charge is 0.329 e. The highest BCUT2D eigenvalue weighted by Gasteiger charge is 2.18. The molecule has 2 heterocycles. The zero-order valence-electron chi connectivity index (χ0n) is 26.8. The summed E-state index contributed by atoms with van der Waals surface area (Å²) in [5, 5.41) is 3.02. The maximum Gasteiger partial charge on any atom is 0.329 e. The number of unbranched alkanes of at least 4 members (excludes halogenated alkanes) is 11. The number of nitrogens with one attached hydrogen (secondary N) is 2. The zero-order chi connectivity index (χ0) is 30.9. The second-order valence-electron chi connectivity index (χ2n) is 11.8. The lowest BCUT2D eigenvalue weighted by Gasteiger charge is -2.20. The van der Waals surface area contributed by atoms with Gasteiger partial charge in [-0.25, -0.2) is 9.78 Å². The van der Waals surface area contributed by atoms with Crippen LogP contribution in [0.4, 0.5) is 0 Å². The van der Waals surface area contributed by atoms with Gasteiger partial charge in [-0.05, 0) is 25.7 Å². The summed E-state index contributed by atoms with van der Waals surface area (Å²) in [5.41, 5.74) is -0.00434. The monoisotopic (exact) mass is 589 g/mol. The Balaban J connectivity index is 1.63. The predicted molar refractivity (Wildman–Crippen MR) is 168 cm³/mol. The third kappa shape index (κ3) is 11.8. The van der Waals surface area contributed by atoms with E-state index in [0.29, 0.717) is 24.1 Å². The number of hydrogen-bond donors (Lipinski definition) is 2. The van der Waals surface area contributed by atoms with E-state index in [2.05, 4.69) is 22.2 Å². The second-order valence-corrected chi connectivity index (χ2v) is 11.8. The van der Waals surface area contributed by atoms with Crippen LogP contribution in [0, 0.1) is 5.92 Å². The van der Waals surface area contributed by atoms with Crippen molar-refractivity contribution >= 4 is 23.0 Å². The van der Waals surface area contributed by atoms with Crippen LogP contribution in [0.1, 0.15) is 129 Å². The van der Waals surface area contributed by atoms with Gasteiger partial charge in [-0.15, -0.1) is 0 Å². The van der Waals surface area contributed by atoms with Gasteiger partial charge in [-0.1, -0.05) is 91.4 Å². The van der Waals surface area contributed by atoms with Gasteiger partial charge in [-0.3, -0.25) is 23.9 Å². The Labute approximate surface area is 251 Å². The number of amides is 1. The minimum Gasteiger partial charge on any atom is -0.460 e. The van der Waals surface area contributed by atoms with Crippen LogP contribution in [0.15, 0.2) is 9.59 Å². The third-order valence-electron chi connectivity index (χ3n) is 8.18. The van der Waals surface area contributed by atoms with E-state index in [1.165, 1.54) is 36.7 Å². The van der Waals surface area contributed by atoms with Crippen LogP contribution in [-0.4, -0.2) is 43.6 Å². The van der Waals surface area contributed by atoms with Crippen molar-refractivity contribution < 1.29 is 14.3 Å². The van der Waals surface area contributed by atoms with Gasteiger partial charge in [0.1, 0.15) is 11.9 Å². The normalized spacial score (nSPS) is 12.9.